The highest BCUT2D eigenvalue weighted by Gasteiger charge is 2.42. The van der Waals surface area contributed by atoms with Gasteiger partial charge in [0.15, 0.2) is 0 Å². The lowest BCUT2D eigenvalue weighted by atomic mass is 9.77. The number of nitrogens with one attached hydrogen (secondary N) is 1. The van der Waals surface area contributed by atoms with Crippen LogP contribution >= 0.6 is 12.4 Å². The summed E-state index contributed by atoms with van der Waals surface area (Å²) in [5, 5.41) is 3.47. The van der Waals surface area contributed by atoms with Crippen molar-refractivity contribution in [2.24, 2.45) is 11.3 Å². The van der Waals surface area contributed by atoms with Gasteiger partial charge in [0.25, 0.3) is 0 Å². The molecular weight excluding hydrogens is 362 g/mol. The van der Waals surface area contributed by atoms with E-state index in [4.69, 9.17) is 0 Å². The van der Waals surface area contributed by atoms with Gasteiger partial charge in [0.1, 0.15) is 0 Å². The molecule has 1 aromatic carbocycles. The molecule has 0 bridgehead atoms. The SMILES string of the molecule is Cc1cccc(N2CC(C(=O)N3CCC4(CCNC4)CC3)CC2=O)c1C.Cl. The van der Waals surface area contributed by atoms with E-state index in [-0.39, 0.29) is 30.1 Å². The molecule has 3 aliphatic heterocycles. The predicted octanol–water partition coefficient (Wildman–Crippen LogP) is 2.68. The Morgan fingerprint density at radius 3 is 2.59 bits per heavy atom. The zero-order valence-electron chi connectivity index (χ0n) is 16.3. The Kier molecular flexibility index (Phi) is 5.82. The minimum absolute atomic E-state index is 0. The van der Waals surface area contributed by atoms with Crippen LogP contribution in [-0.2, 0) is 9.59 Å². The van der Waals surface area contributed by atoms with E-state index in [1.807, 2.05) is 28.9 Å². The number of hydrogen-bond acceptors (Lipinski definition) is 3. The number of carbonyl (C=O) groups is 2. The second-order valence-corrected chi connectivity index (χ2v) is 8.38. The third-order valence-electron chi connectivity index (χ3n) is 6.81. The lowest BCUT2D eigenvalue weighted by Crippen LogP contribution is -2.46. The molecule has 148 valence electrons. The molecule has 3 fully saturated rings. The number of benzene rings is 1. The van der Waals surface area contributed by atoms with Gasteiger partial charge < -0.3 is 15.1 Å². The van der Waals surface area contributed by atoms with Gasteiger partial charge in [-0.1, -0.05) is 12.1 Å². The lowest BCUT2D eigenvalue weighted by molar-refractivity contribution is -0.137. The van der Waals surface area contributed by atoms with Crippen LogP contribution in [0, 0.1) is 25.2 Å². The summed E-state index contributed by atoms with van der Waals surface area (Å²) in [6, 6.07) is 6.04. The van der Waals surface area contributed by atoms with Crippen molar-refractivity contribution >= 4 is 29.9 Å². The molecule has 5 nitrogen and oxygen atoms in total. The van der Waals surface area contributed by atoms with E-state index in [2.05, 4.69) is 18.3 Å². The molecule has 3 aliphatic rings. The molecular formula is C21H30ClN3O2. The summed E-state index contributed by atoms with van der Waals surface area (Å²) in [4.78, 5) is 29.4. The summed E-state index contributed by atoms with van der Waals surface area (Å²) in [5.74, 6) is 0.0515. The fraction of sp³-hybridized carbons (Fsp3) is 0.619. The van der Waals surface area contributed by atoms with E-state index in [1.165, 1.54) is 12.0 Å². The topological polar surface area (TPSA) is 52.7 Å². The fourth-order valence-corrected chi connectivity index (χ4v) is 4.82. The third kappa shape index (κ3) is 3.72. The average molecular weight is 392 g/mol. The Morgan fingerprint density at radius 1 is 1.19 bits per heavy atom. The van der Waals surface area contributed by atoms with E-state index in [9.17, 15) is 9.59 Å². The first-order valence-electron chi connectivity index (χ1n) is 9.85. The Labute approximate surface area is 167 Å². The first-order chi connectivity index (χ1) is 12.5. The van der Waals surface area contributed by atoms with Crippen molar-refractivity contribution in [2.45, 2.75) is 39.5 Å². The third-order valence-corrected chi connectivity index (χ3v) is 6.81. The average Bonchev–Trinajstić information content (AvgIpc) is 3.25. The van der Waals surface area contributed by atoms with Crippen LogP contribution in [0.2, 0.25) is 0 Å². The maximum atomic E-state index is 13.0. The van der Waals surface area contributed by atoms with Crippen LogP contribution in [-0.4, -0.2) is 49.4 Å². The molecule has 3 saturated heterocycles. The molecule has 0 saturated carbocycles. The molecule has 1 atom stereocenters. The molecule has 1 aromatic rings. The second kappa shape index (κ2) is 7.80. The van der Waals surface area contributed by atoms with Crippen molar-refractivity contribution in [3.63, 3.8) is 0 Å². The van der Waals surface area contributed by atoms with Gasteiger partial charge in [0, 0.05) is 38.3 Å². The van der Waals surface area contributed by atoms with Crippen molar-refractivity contribution in [2.75, 3.05) is 37.6 Å². The normalized spacial score (nSPS) is 24.4. The van der Waals surface area contributed by atoms with E-state index in [0.717, 1.165) is 50.3 Å². The number of nitrogens with zero attached hydrogens (tertiary/aromatic N) is 2. The Hall–Kier alpha value is -1.59. The van der Waals surface area contributed by atoms with Crippen LogP contribution in [0.4, 0.5) is 5.69 Å². The highest BCUT2D eigenvalue weighted by atomic mass is 35.5. The van der Waals surface area contributed by atoms with Gasteiger partial charge in [0.05, 0.1) is 5.92 Å². The number of rotatable bonds is 2. The Morgan fingerprint density at radius 2 is 1.93 bits per heavy atom. The van der Waals surface area contributed by atoms with Gasteiger partial charge in [0.2, 0.25) is 11.8 Å². The van der Waals surface area contributed by atoms with Gasteiger partial charge in [-0.05, 0) is 62.3 Å². The van der Waals surface area contributed by atoms with Gasteiger partial charge in [-0.15, -0.1) is 12.4 Å². The molecule has 1 N–H and O–H groups in total. The summed E-state index contributed by atoms with van der Waals surface area (Å²) in [7, 11) is 0. The molecule has 3 heterocycles. The van der Waals surface area contributed by atoms with Gasteiger partial charge in [-0.2, -0.15) is 0 Å². The molecule has 0 radical (unpaired) electrons. The van der Waals surface area contributed by atoms with Crippen LogP contribution in [0.1, 0.15) is 36.8 Å². The summed E-state index contributed by atoms with van der Waals surface area (Å²) in [6.45, 7) is 8.51. The van der Waals surface area contributed by atoms with Crippen LogP contribution in [0.5, 0.6) is 0 Å². The number of carbonyl (C=O) groups excluding carboxylic acids is 2. The molecule has 1 spiro atoms. The number of anilines is 1. The number of piperidine rings is 1. The minimum atomic E-state index is -0.196. The number of likely N-dealkylation sites (tertiary alicyclic amines) is 1. The molecule has 2 amide bonds. The summed E-state index contributed by atoms with van der Waals surface area (Å²) in [5.41, 5.74) is 3.67. The molecule has 0 aromatic heterocycles. The number of aryl methyl sites for hydroxylation is 1. The monoisotopic (exact) mass is 391 g/mol. The van der Waals surface area contributed by atoms with Crippen LogP contribution < -0.4 is 10.2 Å². The van der Waals surface area contributed by atoms with E-state index in [1.54, 1.807) is 0 Å². The van der Waals surface area contributed by atoms with Crippen LogP contribution in [0.15, 0.2) is 18.2 Å². The summed E-state index contributed by atoms with van der Waals surface area (Å²) >= 11 is 0. The summed E-state index contributed by atoms with van der Waals surface area (Å²) < 4.78 is 0. The zero-order chi connectivity index (χ0) is 18.3. The van der Waals surface area contributed by atoms with Crippen molar-refractivity contribution in [3.05, 3.63) is 29.3 Å². The van der Waals surface area contributed by atoms with Crippen molar-refractivity contribution < 1.29 is 9.59 Å². The highest BCUT2D eigenvalue weighted by Crippen LogP contribution is 2.38. The van der Waals surface area contributed by atoms with Crippen molar-refractivity contribution in [1.29, 1.82) is 0 Å². The molecule has 27 heavy (non-hydrogen) atoms. The standard InChI is InChI=1S/C21H29N3O2.ClH/c1-15-4-3-5-18(16(15)2)24-13-17(12-19(24)25)20(26)23-10-7-21(8-11-23)6-9-22-14-21;/h3-5,17,22H,6-14H2,1-2H3;1H. The number of hydrogen-bond donors (Lipinski definition) is 1. The maximum Gasteiger partial charge on any atom is 0.228 e. The highest BCUT2D eigenvalue weighted by molar-refractivity contribution is 6.01. The second-order valence-electron chi connectivity index (χ2n) is 8.38. The largest absolute Gasteiger partial charge is 0.342 e. The Bertz CT molecular complexity index is 720. The first kappa shape index (κ1) is 20.2. The lowest BCUT2D eigenvalue weighted by Gasteiger charge is -2.39. The van der Waals surface area contributed by atoms with Gasteiger partial charge in [-0.3, -0.25) is 9.59 Å². The zero-order valence-corrected chi connectivity index (χ0v) is 17.1. The van der Waals surface area contributed by atoms with E-state index in [0.29, 0.717) is 18.4 Å². The van der Waals surface area contributed by atoms with Gasteiger partial charge in [-0.25, -0.2) is 0 Å². The van der Waals surface area contributed by atoms with Crippen LogP contribution in [0.3, 0.4) is 0 Å². The maximum absolute atomic E-state index is 13.0. The first-order valence-corrected chi connectivity index (χ1v) is 9.85. The van der Waals surface area contributed by atoms with Crippen LogP contribution in [0.25, 0.3) is 0 Å². The minimum Gasteiger partial charge on any atom is -0.342 e. The fourth-order valence-electron chi connectivity index (χ4n) is 4.82. The Balaban J connectivity index is 0.00000210. The van der Waals surface area contributed by atoms with Crippen molar-refractivity contribution in [1.82, 2.24) is 10.2 Å². The smallest absolute Gasteiger partial charge is 0.228 e. The predicted molar refractivity (Wildman–Crippen MR) is 109 cm³/mol. The molecule has 6 heteroatoms. The number of halogens is 1. The van der Waals surface area contributed by atoms with E-state index >= 15 is 0 Å². The summed E-state index contributed by atoms with van der Waals surface area (Å²) in [6.07, 6.45) is 3.76. The quantitative estimate of drug-likeness (QED) is 0.843. The molecule has 4 rings (SSSR count). The molecule has 0 aliphatic carbocycles. The van der Waals surface area contributed by atoms with Gasteiger partial charge >= 0.3 is 0 Å². The number of amides is 2. The van der Waals surface area contributed by atoms with Crippen molar-refractivity contribution in [3.8, 4) is 0 Å². The van der Waals surface area contributed by atoms with E-state index < -0.39 is 0 Å². The molecule has 1 unspecified atom stereocenters.